The lowest BCUT2D eigenvalue weighted by Gasteiger charge is -2.18. The molecule has 0 aliphatic rings. The fourth-order valence-corrected chi connectivity index (χ4v) is 4.14. The summed E-state index contributed by atoms with van der Waals surface area (Å²) in [5.41, 5.74) is 2.49. The molecule has 0 aromatic heterocycles. The molecule has 0 spiro atoms. The number of anilines is 1. The highest BCUT2D eigenvalue weighted by atomic mass is 79.9. The molecular weight excluding hydrogens is 520 g/mol. The van der Waals surface area contributed by atoms with Gasteiger partial charge >= 0.3 is 0 Å². The van der Waals surface area contributed by atoms with Gasteiger partial charge in [0.1, 0.15) is 6.61 Å². The van der Waals surface area contributed by atoms with E-state index in [9.17, 15) is 0 Å². The second-order valence-electron chi connectivity index (χ2n) is 6.09. The second-order valence-corrected chi connectivity index (χ2v) is 8.66. The highest BCUT2D eigenvalue weighted by Gasteiger charge is 2.16. The van der Waals surface area contributed by atoms with Gasteiger partial charge in [-0.3, -0.25) is 0 Å². The van der Waals surface area contributed by atoms with Crippen molar-refractivity contribution in [2.45, 2.75) is 13.2 Å². The molecule has 0 amide bonds. The molecule has 0 saturated carbocycles. The van der Waals surface area contributed by atoms with E-state index >= 15 is 0 Å². The number of benzene rings is 3. The summed E-state index contributed by atoms with van der Waals surface area (Å²) >= 11 is 28.0. The SMILES string of the molecule is COc1ccc(Br)c(CNc2cc(Cl)cc(Cl)c2)c1OCc1ccc(Cl)cc1Cl. The minimum atomic E-state index is 0.263. The van der Waals surface area contributed by atoms with Crippen LogP contribution in [0.1, 0.15) is 11.1 Å². The van der Waals surface area contributed by atoms with Crippen LogP contribution in [0.2, 0.25) is 20.1 Å². The molecule has 0 unspecified atom stereocenters. The van der Waals surface area contributed by atoms with Crippen molar-refractivity contribution in [1.29, 1.82) is 0 Å². The fraction of sp³-hybridized carbons (Fsp3) is 0.143. The molecule has 0 radical (unpaired) electrons. The Balaban J connectivity index is 1.86. The van der Waals surface area contributed by atoms with E-state index in [1.165, 1.54) is 0 Å². The van der Waals surface area contributed by atoms with Crippen molar-refractivity contribution in [1.82, 2.24) is 0 Å². The van der Waals surface area contributed by atoms with Crippen molar-refractivity contribution in [3.05, 3.63) is 84.2 Å². The molecule has 3 aromatic carbocycles. The van der Waals surface area contributed by atoms with Crippen LogP contribution in [0.5, 0.6) is 11.5 Å². The molecule has 0 aliphatic heterocycles. The van der Waals surface area contributed by atoms with Gasteiger partial charge in [0.25, 0.3) is 0 Å². The van der Waals surface area contributed by atoms with Gasteiger partial charge in [0.2, 0.25) is 0 Å². The zero-order valence-electron chi connectivity index (χ0n) is 15.2. The number of hydrogen-bond acceptors (Lipinski definition) is 3. The van der Waals surface area contributed by atoms with Gasteiger partial charge in [-0.15, -0.1) is 0 Å². The molecule has 0 fully saturated rings. The molecule has 3 rings (SSSR count). The van der Waals surface area contributed by atoms with Crippen molar-refractivity contribution in [2.24, 2.45) is 0 Å². The molecule has 0 atom stereocenters. The number of nitrogens with one attached hydrogen (secondary N) is 1. The van der Waals surface area contributed by atoms with Gasteiger partial charge in [0.15, 0.2) is 11.5 Å². The lowest BCUT2D eigenvalue weighted by atomic mass is 10.1. The Morgan fingerprint density at radius 3 is 2.28 bits per heavy atom. The number of hydrogen-bond donors (Lipinski definition) is 1. The van der Waals surface area contributed by atoms with Crippen molar-refractivity contribution in [3.8, 4) is 11.5 Å². The first-order valence-electron chi connectivity index (χ1n) is 8.49. The van der Waals surface area contributed by atoms with Crippen LogP contribution in [-0.4, -0.2) is 7.11 Å². The maximum atomic E-state index is 6.27. The minimum Gasteiger partial charge on any atom is -0.493 e. The van der Waals surface area contributed by atoms with Crippen LogP contribution in [-0.2, 0) is 13.2 Å². The smallest absolute Gasteiger partial charge is 0.167 e. The molecule has 8 heteroatoms. The van der Waals surface area contributed by atoms with Crippen LogP contribution < -0.4 is 14.8 Å². The third kappa shape index (κ3) is 5.87. The first kappa shape index (κ1) is 22.4. The molecule has 29 heavy (non-hydrogen) atoms. The van der Waals surface area contributed by atoms with Gasteiger partial charge in [-0.1, -0.05) is 68.4 Å². The standard InChI is InChI=1S/C21H16BrCl4NO2/c1-28-20-5-4-18(22)17(10-27-16-7-14(24)6-15(25)8-16)21(20)29-11-12-2-3-13(23)9-19(12)26/h2-9,27H,10-11H2,1H3. The average Bonchev–Trinajstić information content (AvgIpc) is 2.66. The largest absolute Gasteiger partial charge is 0.493 e. The monoisotopic (exact) mass is 533 g/mol. The number of halogens is 5. The van der Waals surface area contributed by atoms with E-state index in [0.29, 0.717) is 38.1 Å². The van der Waals surface area contributed by atoms with Gasteiger partial charge in [0, 0.05) is 47.9 Å². The van der Waals surface area contributed by atoms with Crippen LogP contribution >= 0.6 is 62.3 Å². The Hall–Kier alpha value is -1.30. The van der Waals surface area contributed by atoms with Gasteiger partial charge in [0.05, 0.1) is 7.11 Å². The van der Waals surface area contributed by atoms with E-state index in [-0.39, 0.29) is 6.61 Å². The Bertz CT molecular complexity index is 1010. The first-order valence-corrected chi connectivity index (χ1v) is 10.8. The van der Waals surface area contributed by atoms with Crippen molar-refractivity contribution < 1.29 is 9.47 Å². The molecule has 0 heterocycles. The predicted octanol–water partition coefficient (Wildman–Crippen LogP) is 8.26. The molecule has 0 bridgehead atoms. The zero-order valence-corrected chi connectivity index (χ0v) is 19.8. The van der Waals surface area contributed by atoms with Gasteiger partial charge < -0.3 is 14.8 Å². The molecule has 1 N–H and O–H groups in total. The summed E-state index contributed by atoms with van der Waals surface area (Å²) < 4.78 is 12.5. The normalized spacial score (nSPS) is 10.7. The molecule has 3 aromatic rings. The van der Waals surface area contributed by atoms with Gasteiger partial charge in [-0.2, -0.15) is 0 Å². The Kier molecular flexibility index (Phi) is 7.83. The zero-order chi connectivity index (χ0) is 21.0. The van der Waals surface area contributed by atoms with Crippen LogP contribution in [0.25, 0.3) is 0 Å². The molecule has 0 saturated heterocycles. The van der Waals surface area contributed by atoms with Gasteiger partial charge in [-0.05, 0) is 42.5 Å². The van der Waals surface area contributed by atoms with E-state index in [1.54, 1.807) is 37.4 Å². The summed E-state index contributed by atoms with van der Waals surface area (Å²) in [6.45, 7) is 0.719. The lowest BCUT2D eigenvalue weighted by molar-refractivity contribution is 0.281. The topological polar surface area (TPSA) is 30.5 Å². The van der Waals surface area contributed by atoms with E-state index < -0.39 is 0 Å². The number of methoxy groups -OCH3 is 1. The predicted molar refractivity (Wildman–Crippen MR) is 125 cm³/mol. The Morgan fingerprint density at radius 2 is 1.62 bits per heavy atom. The van der Waals surface area contributed by atoms with E-state index in [4.69, 9.17) is 55.9 Å². The van der Waals surface area contributed by atoms with Gasteiger partial charge in [-0.25, -0.2) is 0 Å². The lowest BCUT2D eigenvalue weighted by Crippen LogP contribution is -2.06. The third-order valence-electron chi connectivity index (χ3n) is 4.11. The summed E-state index contributed by atoms with van der Waals surface area (Å²) in [5.74, 6) is 1.22. The molecular formula is C21H16BrCl4NO2. The second kappa shape index (κ2) is 10.1. The van der Waals surface area contributed by atoms with E-state index in [1.807, 2.05) is 18.2 Å². The maximum absolute atomic E-state index is 6.27. The van der Waals surface area contributed by atoms with E-state index in [0.717, 1.165) is 21.3 Å². The summed E-state index contributed by atoms with van der Waals surface area (Å²) in [6, 6.07) is 14.3. The fourth-order valence-electron chi connectivity index (χ4n) is 2.70. The highest BCUT2D eigenvalue weighted by Crippen LogP contribution is 2.38. The third-order valence-corrected chi connectivity index (χ3v) is 5.87. The summed E-state index contributed by atoms with van der Waals surface area (Å²) in [5, 5.41) is 5.54. The van der Waals surface area contributed by atoms with Crippen LogP contribution in [0.4, 0.5) is 5.69 Å². The van der Waals surface area contributed by atoms with Crippen LogP contribution in [0.3, 0.4) is 0 Å². The van der Waals surface area contributed by atoms with Crippen LogP contribution in [0, 0.1) is 0 Å². The highest BCUT2D eigenvalue weighted by molar-refractivity contribution is 9.10. The Labute approximate surface area is 197 Å². The summed E-state index contributed by atoms with van der Waals surface area (Å²) in [4.78, 5) is 0. The van der Waals surface area contributed by atoms with Crippen molar-refractivity contribution in [3.63, 3.8) is 0 Å². The number of ether oxygens (including phenoxy) is 2. The quantitative estimate of drug-likeness (QED) is 0.330. The molecule has 0 aliphatic carbocycles. The number of rotatable bonds is 7. The van der Waals surface area contributed by atoms with Crippen LogP contribution in [0.15, 0.2) is 53.0 Å². The minimum absolute atomic E-state index is 0.263. The van der Waals surface area contributed by atoms with Crippen molar-refractivity contribution in [2.75, 3.05) is 12.4 Å². The molecule has 3 nitrogen and oxygen atoms in total. The van der Waals surface area contributed by atoms with Crippen molar-refractivity contribution >= 4 is 68.0 Å². The average molecular weight is 536 g/mol. The van der Waals surface area contributed by atoms with E-state index in [2.05, 4.69) is 21.2 Å². The summed E-state index contributed by atoms with van der Waals surface area (Å²) in [6.07, 6.45) is 0. The summed E-state index contributed by atoms with van der Waals surface area (Å²) in [7, 11) is 1.60. The Morgan fingerprint density at radius 1 is 0.897 bits per heavy atom. The first-order chi connectivity index (χ1) is 13.9. The molecule has 152 valence electrons. The maximum Gasteiger partial charge on any atom is 0.167 e.